The zero-order chi connectivity index (χ0) is 23.0. The van der Waals surface area contributed by atoms with Crippen LogP contribution in [0.4, 0.5) is 8.78 Å². The normalized spacial score (nSPS) is 13.0. The Morgan fingerprint density at radius 1 is 1.06 bits per heavy atom. The van der Waals surface area contributed by atoms with Crippen molar-refractivity contribution in [1.82, 2.24) is 10.8 Å². The van der Waals surface area contributed by atoms with Crippen LogP contribution < -0.4 is 16.5 Å². The minimum absolute atomic E-state index is 0.0424. The van der Waals surface area contributed by atoms with Crippen molar-refractivity contribution in [2.45, 2.75) is 24.9 Å². The summed E-state index contributed by atoms with van der Waals surface area (Å²) >= 11 is 0. The molecule has 2 aromatic rings. The molecule has 0 saturated heterocycles. The molecule has 0 aliphatic carbocycles. The largest absolute Gasteiger partial charge is 0.507 e. The smallest absolute Gasteiger partial charge is 0.268 e. The second-order valence-electron chi connectivity index (χ2n) is 6.64. The average Bonchev–Trinajstić information content (AvgIpc) is 2.75. The van der Waals surface area contributed by atoms with Gasteiger partial charge in [0.2, 0.25) is 0 Å². The molecular formula is C22H19F2N3O4. The second-order valence-corrected chi connectivity index (χ2v) is 6.64. The number of para-hydroxylation sites is 1. The molecule has 0 aliphatic heterocycles. The van der Waals surface area contributed by atoms with Gasteiger partial charge in [0, 0.05) is 11.1 Å². The van der Waals surface area contributed by atoms with Crippen molar-refractivity contribution in [3.63, 3.8) is 0 Å². The number of nitrogens with two attached hydrogens (primary N) is 1. The molecule has 6 N–H and O–H groups in total. The van der Waals surface area contributed by atoms with Gasteiger partial charge in [0.25, 0.3) is 18.2 Å². The van der Waals surface area contributed by atoms with Gasteiger partial charge in [-0.1, -0.05) is 18.1 Å². The Hall–Kier alpha value is -3.92. The number of phenolic OH excluding ortho intramolecular Hbond substituents is 1. The van der Waals surface area contributed by atoms with Crippen molar-refractivity contribution >= 4 is 11.8 Å². The van der Waals surface area contributed by atoms with Crippen LogP contribution in [0.1, 0.15) is 28.4 Å². The molecular weight excluding hydrogens is 408 g/mol. The minimum atomic E-state index is -3.15. The van der Waals surface area contributed by atoms with Crippen molar-refractivity contribution in [3.05, 3.63) is 65.2 Å². The summed E-state index contributed by atoms with van der Waals surface area (Å²) in [6.45, 7) is 0.882. The molecule has 2 rings (SSSR count). The highest BCUT2D eigenvalue weighted by atomic mass is 19.3. The predicted molar refractivity (Wildman–Crippen MR) is 108 cm³/mol. The lowest BCUT2D eigenvalue weighted by molar-refractivity contribution is -0.134. The number of carbonyl (C=O) groups is 2. The van der Waals surface area contributed by atoms with E-state index >= 15 is 0 Å². The summed E-state index contributed by atoms with van der Waals surface area (Å²) in [5.41, 5.74) is 5.28. The predicted octanol–water partition coefficient (Wildman–Crippen LogP) is 1.38. The van der Waals surface area contributed by atoms with Crippen molar-refractivity contribution < 1.29 is 28.7 Å². The molecule has 0 aliphatic rings. The van der Waals surface area contributed by atoms with Gasteiger partial charge in [-0.25, -0.2) is 14.3 Å². The number of rotatable bonds is 5. The summed E-state index contributed by atoms with van der Waals surface area (Å²) in [5.74, 6) is 8.59. The van der Waals surface area contributed by atoms with Crippen LogP contribution in [0, 0.1) is 23.7 Å². The number of hydrogen-bond donors (Lipinski definition) is 5. The first-order chi connectivity index (χ1) is 14.7. The molecule has 2 aromatic carbocycles. The third-order valence-electron chi connectivity index (χ3n) is 4.26. The molecule has 7 nitrogen and oxygen atoms in total. The summed E-state index contributed by atoms with van der Waals surface area (Å²) < 4.78 is 26.3. The van der Waals surface area contributed by atoms with Crippen LogP contribution in [-0.4, -0.2) is 40.1 Å². The Labute approximate surface area is 177 Å². The van der Waals surface area contributed by atoms with Crippen LogP contribution in [0.5, 0.6) is 5.75 Å². The van der Waals surface area contributed by atoms with E-state index in [1.165, 1.54) is 35.8 Å². The SMILES string of the molecule is CC(N)(C(F)F)C(NC(=O)c1ccc(C#CC#Cc2ccccc2O)cc1)C(=O)NO. The van der Waals surface area contributed by atoms with Gasteiger partial charge < -0.3 is 16.2 Å². The lowest BCUT2D eigenvalue weighted by Gasteiger charge is -2.32. The molecule has 0 radical (unpaired) electrons. The molecule has 2 unspecified atom stereocenters. The maximum atomic E-state index is 13.2. The summed E-state index contributed by atoms with van der Waals surface area (Å²) in [6.07, 6.45) is -3.15. The Bertz CT molecular complexity index is 1080. The molecule has 9 heteroatoms. The topological polar surface area (TPSA) is 125 Å². The maximum Gasteiger partial charge on any atom is 0.268 e. The van der Waals surface area contributed by atoms with E-state index in [1.54, 1.807) is 18.2 Å². The van der Waals surface area contributed by atoms with Gasteiger partial charge in [0.15, 0.2) is 0 Å². The highest BCUT2D eigenvalue weighted by Crippen LogP contribution is 2.18. The number of halogens is 2. The van der Waals surface area contributed by atoms with E-state index < -0.39 is 29.8 Å². The van der Waals surface area contributed by atoms with Gasteiger partial charge in [-0.3, -0.25) is 14.8 Å². The molecule has 31 heavy (non-hydrogen) atoms. The molecule has 0 bridgehead atoms. The number of hydrogen-bond acceptors (Lipinski definition) is 5. The molecule has 0 aromatic heterocycles. The Kier molecular flexibility index (Phi) is 7.70. The number of nitrogens with one attached hydrogen (secondary N) is 2. The van der Waals surface area contributed by atoms with Crippen LogP contribution in [0.2, 0.25) is 0 Å². The fraction of sp³-hybridized carbons (Fsp3) is 0.182. The van der Waals surface area contributed by atoms with Crippen molar-refractivity contribution in [3.8, 4) is 29.4 Å². The number of aromatic hydroxyl groups is 1. The Balaban J connectivity index is 2.12. The quantitative estimate of drug-likeness (QED) is 0.280. The third-order valence-corrected chi connectivity index (χ3v) is 4.26. The molecule has 160 valence electrons. The van der Waals surface area contributed by atoms with Gasteiger partial charge in [0.1, 0.15) is 17.3 Å². The first kappa shape index (κ1) is 23.4. The number of benzene rings is 2. The first-order valence-corrected chi connectivity index (χ1v) is 8.88. The number of phenols is 1. The first-order valence-electron chi connectivity index (χ1n) is 8.88. The lowest BCUT2D eigenvalue weighted by Crippen LogP contribution is -2.66. The van der Waals surface area contributed by atoms with E-state index in [2.05, 4.69) is 29.0 Å². The van der Waals surface area contributed by atoms with Crippen LogP contribution in [0.25, 0.3) is 0 Å². The number of carbonyl (C=O) groups excluding carboxylic acids is 2. The maximum absolute atomic E-state index is 13.2. The van der Waals surface area contributed by atoms with Crippen molar-refractivity contribution in [2.24, 2.45) is 5.73 Å². The van der Waals surface area contributed by atoms with Gasteiger partial charge >= 0.3 is 0 Å². The molecule has 0 heterocycles. The van der Waals surface area contributed by atoms with Gasteiger partial charge in [-0.2, -0.15) is 0 Å². The molecule has 0 fully saturated rings. The number of hydroxylamine groups is 1. The molecule has 2 atom stereocenters. The van der Waals surface area contributed by atoms with Crippen molar-refractivity contribution in [2.75, 3.05) is 0 Å². The highest BCUT2D eigenvalue weighted by Gasteiger charge is 2.44. The van der Waals surface area contributed by atoms with Crippen LogP contribution in [-0.2, 0) is 4.79 Å². The van der Waals surface area contributed by atoms with Gasteiger partial charge in [-0.05, 0) is 61.1 Å². The van der Waals surface area contributed by atoms with Crippen LogP contribution in [0.15, 0.2) is 48.5 Å². The monoisotopic (exact) mass is 427 g/mol. The van der Waals surface area contributed by atoms with Crippen molar-refractivity contribution in [1.29, 1.82) is 0 Å². The lowest BCUT2D eigenvalue weighted by atomic mass is 9.92. The second kappa shape index (κ2) is 10.2. The van der Waals surface area contributed by atoms with Gasteiger partial charge in [0.05, 0.1) is 5.56 Å². The van der Waals surface area contributed by atoms with E-state index in [9.17, 15) is 23.5 Å². The summed E-state index contributed by atoms with van der Waals surface area (Å²) in [5, 5.41) is 20.5. The number of alkyl halides is 2. The standard InChI is InChI=1S/C22H19F2N3O4/c1-22(25,21(23)24)18(20(30)27-31)26-19(29)16-12-10-14(11-13-16)6-2-3-7-15-8-4-5-9-17(15)28/h4-5,8-13,18,21,28,31H,25H2,1H3,(H,26,29)(H,27,30). The number of amides is 2. The summed E-state index contributed by atoms with van der Waals surface area (Å²) in [7, 11) is 0. The average molecular weight is 427 g/mol. The van der Waals surface area contributed by atoms with Crippen LogP contribution in [0.3, 0.4) is 0 Å². The zero-order valence-electron chi connectivity index (χ0n) is 16.3. The van der Waals surface area contributed by atoms with Gasteiger partial charge in [-0.15, -0.1) is 0 Å². The molecule has 0 saturated carbocycles. The fourth-order valence-electron chi connectivity index (χ4n) is 2.39. The van der Waals surface area contributed by atoms with Crippen LogP contribution >= 0.6 is 0 Å². The minimum Gasteiger partial charge on any atom is -0.507 e. The third kappa shape index (κ3) is 6.03. The molecule has 0 spiro atoms. The Morgan fingerprint density at radius 2 is 1.68 bits per heavy atom. The highest BCUT2D eigenvalue weighted by molar-refractivity contribution is 5.98. The van der Waals surface area contributed by atoms with E-state index in [0.717, 1.165) is 6.92 Å². The van der Waals surface area contributed by atoms with E-state index in [4.69, 9.17) is 10.9 Å². The summed E-state index contributed by atoms with van der Waals surface area (Å²) in [4.78, 5) is 24.1. The van der Waals surface area contributed by atoms with E-state index in [1.807, 2.05) is 0 Å². The molecule has 2 amide bonds. The Morgan fingerprint density at radius 3 is 2.26 bits per heavy atom. The zero-order valence-corrected chi connectivity index (χ0v) is 16.3. The van der Waals surface area contributed by atoms with E-state index in [-0.39, 0.29) is 11.3 Å². The van der Waals surface area contributed by atoms with E-state index in [0.29, 0.717) is 11.1 Å². The summed E-state index contributed by atoms with van der Waals surface area (Å²) in [6, 6.07) is 10.4. The fourth-order valence-corrected chi connectivity index (χ4v) is 2.39.